The van der Waals surface area contributed by atoms with Gasteiger partial charge in [0.2, 0.25) is 5.91 Å². The Labute approximate surface area is 101 Å². The normalized spacial score (nSPS) is 16.5. The number of amides is 1. The number of nitrogens with two attached hydrogens (primary N) is 1. The van der Waals surface area contributed by atoms with E-state index in [4.69, 9.17) is 5.73 Å². The quantitative estimate of drug-likeness (QED) is 0.623. The zero-order valence-corrected chi connectivity index (χ0v) is 11.3. The summed E-state index contributed by atoms with van der Waals surface area (Å²) in [4.78, 5) is 11.6. The first-order chi connectivity index (χ1) is 7.52. The van der Waals surface area contributed by atoms with Gasteiger partial charge in [0.25, 0.3) is 0 Å². The van der Waals surface area contributed by atoms with E-state index in [-0.39, 0.29) is 11.9 Å². The monoisotopic (exact) mass is 248 g/mol. The first-order valence-electron chi connectivity index (χ1n) is 5.93. The van der Waals surface area contributed by atoms with Crippen molar-refractivity contribution in [3.8, 4) is 0 Å². The molecule has 0 aliphatic heterocycles. The minimum atomic E-state index is -1.17. The molecule has 0 bridgehead atoms. The maximum atomic E-state index is 11.8. The topological polar surface area (TPSA) is 72.2 Å². The van der Waals surface area contributed by atoms with E-state index in [9.17, 15) is 9.00 Å². The number of hydrogen-bond donors (Lipinski definition) is 2. The summed E-state index contributed by atoms with van der Waals surface area (Å²) in [7, 11) is -1.17. The number of hydrogen-bond acceptors (Lipinski definition) is 3. The molecule has 96 valence electrons. The number of unbranched alkanes of at least 4 members (excludes halogenated alkanes) is 1. The largest absolute Gasteiger partial charge is 0.355 e. The molecule has 0 aliphatic rings. The van der Waals surface area contributed by atoms with Crippen LogP contribution in [-0.4, -0.2) is 33.7 Å². The van der Waals surface area contributed by atoms with Crippen LogP contribution in [0.15, 0.2) is 0 Å². The van der Waals surface area contributed by atoms with Crippen LogP contribution in [0.5, 0.6) is 0 Å². The Bertz CT molecular complexity index is 234. The van der Waals surface area contributed by atoms with Crippen LogP contribution >= 0.6 is 0 Å². The third kappa shape index (κ3) is 6.23. The van der Waals surface area contributed by atoms with Gasteiger partial charge in [-0.25, -0.2) is 0 Å². The van der Waals surface area contributed by atoms with Gasteiger partial charge in [-0.15, -0.1) is 0 Å². The molecule has 16 heavy (non-hydrogen) atoms. The van der Waals surface area contributed by atoms with Crippen molar-refractivity contribution in [2.24, 2.45) is 5.73 Å². The standard InChI is InChI=1S/C11H24N2O2S/c1-4-6-7-13-11(14)9(3)16(15)8-10(12)5-2/h9-10H,4-8,12H2,1-3H3,(H,13,14). The van der Waals surface area contributed by atoms with Crippen LogP contribution in [-0.2, 0) is 15.6 Å². The number of carbonyl (C=O) groups is 1. The summed E-state index contributed by atoms with van der Waals surface area (Å²) in [5.41, 5.74) is 5.71. The molecule has 4 nitrogen and oxygen atoms in total. The lowest BCUT2D eigenvalue weighted by atomic mass is 10.3. The molecule has 3 unspecified atom stereocenters. The molecule has 0 rings (SSSR count). The fourth-order valence-electron chi connectivity index (χ4n) is 1.12. The summed E-state index contributed by atoms with van der Waals surface area (Å²) in [6.45, 7) is 6.37. The highest BCUT2D eigenvalue weighted by Gasteiger charge is 2.20. The predicted octanol–water partition coefficient (Wildman–Crippen LogP) is 0.777. The highest BCUT2D eigenvalue weighted by atomic mass is 32.2. The van der Waals surface area contributed by atoms with Crippen molar-refractivity contribution < 1.29 is 9.00 Å². The Morgan fingerprint density at radius 3 is 2.56 bits per heavy atom. The number of nitrogens with one attached hydrogen (secondary N) is 1. The molecule has 3 N–H and O–H groups in total. The summed E-state index contributed by atoms with van der Waals surface area (Å²) in [6, 6.07) is -0.0771. The van der Waals surface area contributed by atoms with E-state index in [1.165, 1.54) is 0 Å². The molecule has 0 aliphatic carbocycles. The lowest BCUT2D eigenvalue weighted by Crippen LogP contribution is -2.39. The van der Waals surface area contributed by atoms with E-state index < -0.39 is 16.0 Å². The Balaban J connectivity index is 3.96. The molecule has 0 spiro atoms. The second kappa shape index (κ2) is 8.70. The summed E-state index contributed by atoms with van der Waals surface area (Å²) < 4.78 is 11.8. The second-order valence-electron chi connectivity index (χ2n) is 4.00. The van der Waals surface area contributed by atoms with Gasteiger partial charge in [0.15, 0.2) is 0 Å². The van der Waals surface area contributed by atoms with Crippen LogP contribution in [0.1, 0.15) is 40.0 Å². The highest BCUT2D eigenvalue weighted by Crippen LogP contribution is 2.00. The van der Waals surface area contributed by atoms with Gasteiger partial charge in [-0.05, 0) is 19.8 Å². The molecular weight excluding hydrogens is 224 g/mol. The molecule has 0 aromatic heterocycles. The molecule has 0 aromatic carbocycles. The van der Waals surface area contributed by atoms with Crippen molar-refractivity contribution >= 4 is 16.7 Å². The van der Waals surface area contributed by atoms with Crippen LogP contribution in [0.25, 0.3) is 0 Å². The minimum Gasteiger partial charge on any atom is -0.355 e. The van der Waals surface area contributed by atoms with Gasteiger partial charge < -0.3 is 11.1 Å². The summed E-state index contributed by atoms with van der Waals surface area (Å²) in [5.74, 6) is 0.272. The van der Waals surface area contributed by atoms with Gasteiger partial charge >= 0.3 is 0 Å². The van der Waals surface area contributed by atoms with E-state index in [0.717, 1.165) is 19.3 Å². The lowest BCUT2D eigenvalue weighted by molar-refractivity contribution is -0.120. The van der Waals surface area contributed by atoms with Gasteiger partial charge in [-0.3, -0.25) is 9.00 Å². The van der Waals surface area contributed by atoms with Crippen LogP contribution < -0.4 is 11.1 Å². The molecular formula is C11H24N2O2S. The van der Waals surface area contributed by atoms with E-state index in [1.807, 2.05) is 6.92 Å². The zero-order valence-electron chi connectivity index (χ0n) is 10.5. The molecule has 0 saturated heterocycles. The third-order valence-corrected chi connectivity index (χ3v) is 4.26. The first-order valence-corrected chi connectivity index (χ1v) is 7.31. The van der Waals surface area contributed by atoms with Gasteiger partial charge in [0, 0.05) is 29.1 Å². The predicted molar refractivity (Wildman–Crippen MR) is 68.7 cm³/mol. The lowest BCUT2D eigenvalue weighted by Gasteiger charge is -2.14. The highest BCUT2D eigenvalue weighted by molar-refractivity contribution is 7.86. The molecule has 0 fully saturated rings. The Hall–Kier alpha value is -0.420. The van der Waals surface area contributed by atoms with Crippen molar-refractivity contribution in [3.63, 3.8) is 0 Å². The SMILES string of the molecule is CCCCNC(=O)C(C)S(=O)CC(N)CC. The van der Waals surface area contributed by atoms with Crippen molar-refractivity contribution in [2.45, 2.75) is 51.3 Å². The molecule has 0 heterocycles. The fraction of sp³-hybridized carbons (Fsp3) is 0.909. The van der Waals surface area contributed by atoms with Crippen LogP contribution in [0.2, 0.25) is 0 Å². The van der Waals surface area contributed by atoms with E-state index >= 15 is 0 Å². The van der Waals surface area contributed by atoms with E-state index in [0.29, 0.717) is 12.3 Å². The van der Waals surface area contributed by atoms with Crippen LogP contribution in [0.4, 0.5) is 0 Å². The average molecular weight is 248 g/mol. The summed E-state index contributed by atoms with van der Waals surface area (Å²) in [6.07, 6.45) is 2.79. The van der Waals surface area contributed by atoms with Crippen molar-refractivity contribution in [2.75, 3.05) is 12.3 Å². The van der Waals surface area contributed by atoms with Gasteiger partial charge in [-0.2, -0.15) is 0 Å². The third-order valence-electron chi connectivity index (χ3n) is 2.50. The van der Waals surface area contributed by atoms with Gasteiger partial charge in [0.05, 0.1) is 0 Å². The van der Waals surface area contributed by atoms with E-state index in [2.05, 4.69) is 12.2 Å². The van der Waals surface area contributed by atoms with Crippen molar-refractivity contribution in [1.82, 2.24) is 5.32 Å². The first kappa shape index (κ1) is 15.6. The second-order valence-corrected chi connectivity index (χ2v) is 5.80. The van der Waals surface area contributed by atoms with Gasteiger partial charge in [0.1, 0.15) is 5.25 Å². The Morgan fingerprint density at radius 2 is 2.06 bits per heavy atom. The van der Waals surface area contributed by atoms with E-state index in [1.54, 1.807) is 6.92 Å². The summed E-state index contributed by atoms with van der Waals surface area (Å²) >= 11 is 0. The Morgan fingerprint density at radius 1 is 1.44 bits per heavy atom. The maximum absolute atomic E-state index is 11.8. The maximum Gasteiger partial charge on any atom is 0.235 e. The summed E-state index contributed by atoms with van der Waals surface area (Å²) in [5, 5.41) is 2.32. The van der Waals surface area contributed by atoms with Crippen LogP contribution in [0.3, 0.4) is 0 Å². The van der Waals surface area contributed by atoms with Gasteiger partial charge in [-0.1, -0.05) is 20.3 Å². The molecule has 0 aromatic rings. The molecule has 3 atom stereocenters. The van der Waals surface area contributed by atoms with Crippen molar-refractivity contribution in [3.05, 3.63) is 0 Å². The smallest absolute Gasteiger partial charge is 0.235 e. The van der Waals surface area contributed by atoms with Crippen molar-refractivity contribution in [1.29, 1.82) is 0 Å². The molecule has 0 radical (unpaired) electrons. The van der Waals surface area contributed by atoms with Crippen LogP contribution in [0, 0.1) is 0 Å². The zero-order chi connectivity index (χ0) is 12.6. The number of carbonyl (C=O) groups excluding carboxylic acids is 1. The average Bonchev–Trinajstić information content (AvgIpc) is 2.27. The molecule has 5 heteroatoms. The molecule has 1 amide bonds. The fourth-order valence-corrected chi connectivity index (χ4v) is 2.39. The number of rotatable bonds is 8. The minimum absolute atomic E-state index is 0.0771. The Kier molecular flexibility index (Phi) is 8.47. The molecule has 0 saturated carbocycles.